The van der Waals surface area contributed by atoms with Crippen molar-refractivity contribution in [2.45, 2.75) is 26.7 Å². The van der Waals surface area contributed by atoms with E-state index in [0.29, 0.717) is 12.0 Å². The second-order valence-electron chi connectivity index (χ2n) is 3.46. The molecule has 0 unspecified atom stereocenters. The maximum atomic E-state index is 9.64. The van der Waals surface area contributed by atoms with E-state index in [0.717, 1.165) is 12.7 Å². The molecular formula is C11H22O4. The minimum Gasteiger partial charge on any atom is -0.396 e. The Bertz CT molecular complexity index is 156. The summed E-state index contributed by atoms with van der Waals surface area (Å²) in [6.45, 7) is 6.68. The molecule has 0 radical (unpaired) electrons. The average Bonchev–Trinajstić information content (AvgIpc) is 2.32. The minimum atomic E-state index is -0.667. The van der Waals surface area contributed by atoms with Gasteiger partial charge in [0.1, 0.15) is 6.29 Å². The molecule has 0 spiro atoms. The fraction of sp³-hybridized carbons (Fsp3) is 0.727. The molecular weight excluding hydrogens is 196 g/mol. The van der Waals surface area contributed by atoms with Crippen LogP contribution in [0, 0.1) is 5.41 Å². The van der Waals surface area contributed by atoms with Gasteiger partial charge in [-0.15, -0.1) is 0 Å². The van der Waals surface area contributed by atoms with Crippen molar-refractivity contribution in [2.24, 2.45) is 5.41 Å². The molecule has 0 fully saturated rings. The van der Waals surface area contributed by atoms with Gasteiger partial charge in [0.2, 0.25) is 0 Å². The summed E-state index contributed by atoms with van der Waals surface area (Å²) in [5.74, 6) is 0. The molecule has 0 saturated heterocycles. The van der Waals surface area contributed by atoms with Crippen LogP contribution in [0.15, 0.2) is 12.2 Å². The highest BCUT2D eigenvalue weighted by Gasteiger charge is 2.24. The van der Waals surface area contributed by atoms with E-state index in [9.17, 15) is 4.79 Å². The van der Waals surface area contributed by atoms with Gasteiger partial charge in [0.05, 0.1) is 19.8 Å². The first kappa shape index (κ1) is 16.7. The van der Waals surface area contributed by atoms with Gasteiger partial charge in [-0.3, -0.25) is 4.79 Å². The van der Waals surface area contributed by atoms with E-state index in [-0.39, 0.29) is 19.8 Å². The fourth-order valence-corrected chi connectivity index (χ4v) is 0.569. The highest BCUT2D eigenvalue weighted by molar-refractivity contribution is 5.71. The maximum absolute atomic E-state index is 9.64. The molecule has 0 rings (SSSR count). The molecule has 0 aliphatic carbocycles. The van der Waals surface area contributed by atoms with E-state index in [1.165, 1.54) is 0 Å². The summed E-state index contributed by atoms with van der Waals surface area (Å²) >= 11 is 0. The summed E-state index contributed by atoms with van der Waals surface area (Å²) in [5, 5.41) is 26.0. The third-order valence-electron chi connectivity index (χ3n) is 2.38. The molecule has 0 heterocycles. The van der Waals surface area contributed by atoms with Gasteiger partial charge in [-0.25, -0.2) is 0 Å². The normalized spacial score (nSPS) is 10.2. The van der Waals surface area contributed by atoms with E-state index >= 15 is 0 Å². The van der Waals surface area contributed by atoms with Gasteiger partial charge in [-0.1, -0.05) is 20.4 Å². The second-order valence-corrected chi connectivity index (χ2v) is 3.46. The molecule has 0 atom stereocenters. The van der Waals surface area contributed by atoms with Crippen LogP contribution in [0.3, 0.4) is 0 Å². The molecule has 90 valence electrons. The van der Waals surface area contributed by atoms with Gasteiger partial charge in [-0.05, 0) is 18.4 Å². The number of aliphatic hydroxyl groups excluding tert-OH is 3. The largest absolute Gasteiger partial charge is 0.396 e. The van der Waals surface area contributed by atoms with Crippen molar-refractivity contribution in [2.75, 3.05) is 19.8 Å². The molecule has 0 bridgehead atoms. The van der Waals surface area contributed by atoms with Crippen LogP contribution >= 0.6 is 0 Å². The zero-order valence-corrected chi connectivity index (χ0v) is 9.57. The van der Waals surface area contributed by atoms with Crippen molar-refractivity contribution in [3.05, 3.63) is 12.2 Å². The first-order valence-corrected chi connectivity index (χ1v) is 5.01. The van der Waals surface area contributed by atoms with E-state index in [1.807, 2.05) is 13.8 Å². The van der Waals surface area contributed by atoms with Crippen LogP contribution in [0.5, 0.6) is 0 Å². The average molecular weight is 218 g/mol. The first-order valence-electron chi connectivity index (χ1n) is 5.01. The lowest BCUT2D eigenvalue weighted by Gasteiger charge is -2.24. The lowest BCUT2D eigenvalue weighted by atomic mass is 9.88. The molecule has 4 nitrogen and oxygen atoms in total. The number of aliphatic hydroxyl groups is 3. The van der Waals surface area contributed by atoms with Crippen LogP contribution in [0.2, 0.25) is 0 Å². The number of carbonyl (C=O) groups excluding carboxylic acids is 1. The molecule has 0 saturated carbocycles. The molecule has 0 aromatic carbocycles. The van der Waals surface area contributed by atoms with Crippen LogP contribution in [0.4, 0.5) is 0 Å². The molecule has 4 heteroatoms. The van der Waals surface area contributed by atoms with Gasteiger partial charge < -0.3 is 15.3 Å². The minimum absolute atomic E-state index is 0.156. The lowest BCUT2D eigenvalue weighted by molar-refractivity contribution is -0.105. The smallest absolute Gasteiger partial charge is 0.145 e. The molecule has 15 heavy (non-hydrogen) atoms. The SMILES string of the molecule is C=C(C=O)CC.CCC(CO)(CO)CO. The first-order chi connectivity index (χ1) is 7.05. The van der Waals surface area contributed by atoms with Gasteiger partial charge in [0, 0.05) is 5.41 Å². The maximum Gasteiger partial charge on any atom is 0.145 e. The Labute approximate surface area is 91.2 Å². The molecule has 0 aromatic rings. The Hall–Kier alpha value is -0.710. The van der Waals surface area contributed by atoms with E-state index in [4.69, 9.17) is 15.3 Å². The number of aldehydes is 1. The predicted octanol–water partition coefficient (Wildman–Crippen LogP) is 0.511. The van der Waals surface area contributed by atoms with Crippen LogP contribution in [-0.2, 0) is 4.79 Å². The van der Waals surface area contributed by atoms with Crippen molar-refractivity contribution in [3.63, 3.8) is 0 Å². The van der Waals surface area contributed by atoms with Gasteiger partial charge in [0.15, 0.2) is 0 Å². The van der Waals surface area contributed by atoms with Gasteiger partial charge >= 0.3 is 0 Å². The van der Waals surface area contributed by atoms with Crippen molar-refractivity contribution in [3.8, 4) is 0 Å². The van der Waals surface area contributed by atoms with E-state index in [2.05, 4.69) is 6.58 Å². The summed E-state index contributed by atoms with van der Waals surface area (Å²) in [4.78, 5) is 9.64. The Morgan fingerprint density at radius 2 is 1.60 bits per heavy atom. The Kier molecular flexibility index (Phi) is 11.0. The molecule has 0 aromatic heterocycles. The number of allylic oxidation sites excluding steroid dienone is 1. The van der Waals surface area contributed by atoms with Crippen molar-refractivity contribution in [1.82, 2.24) is 0 Å². The Balaban J connectivity index is 0. The fourth-order valence-electron chi connectivity index (χ4n) is 0.569. The van der Waals surface area contributed by atoms with E-state index < -0.39 is 5.41 Å². The molecule has 3 N–H and O–H groups in total. The summed E-state index contributed by atoms with van der Waals surface area (Å²) < 4.78 is 0. The zero-order valence-electron chi connectivity index (χ0n) is 9.57. The number of carbonyl (C=O) groups is 1. The quantitative estimate of drug-likeness (QED) is 0.448. The number of rotatable bonds is 6. The molecule has 0 aliphatic rings. The monoisotopic (exact) mass is 218 g/mol. The van der Waals surface area contributed by atoms with Crippen LogP contribution < -0.4 is 0 Å². The van der Waals surface area contributed by atoms with Crippen LogP contribution in [0.25, 0.3) is 0 Å². The van der Waals surface area contributed by atoms with Gasteiger partial charge in [-0.2, -0.15) is 0 Å². The molecule has 0 amide bonds. The summed E-state index contributed by atoms with van der Waals surface area (Å²) in [6.07, 6.45) is 2.14. The summed E-state index contributed by atoms with van der Waals surface area (Å²) in [7, 11) is 0. The van der Waals surface area contributed by atoms with E-state index in [1.54, 1.807) is 0 Å². The Morgan fingerprint density at radius 3 is 1.60 bits per heavy atom. The molecule has 0 aliphatic heterocycles. The summed E-state index contributed by atoms with van der Waals surface area (Å²) in [5.41, 5.74) is -0.00463. The van der Waals surface area contributed by atoms with Gasteiger partial charge in [0.25, 0.3) is 0 Å². The standard InChI is InChI=1S/C6H14O3.C5H8O/c1-2-6(3-7,4-8)5-9;1-3-5(2)4-6/h7-9H,2-5H2,1H3;4H,2-3H2,1H3. The van der Waals surface area contributed by atoms with Crippen LogP contribution in [0.1, 0.15) is 26.7 Å². The highest BCUT2D eigenvalue weighted by Crippen LogP contribution is 2.18. The lowest BCUT2D eigenvalue weighted by Crippen LogP contribution is -2.32. The number of hydrogen-bond acceptors (Lipinski definition) is 4. The third kappa shape index (κ3) is 7.25. The summed E-state index contributed by atoms with van der Waals surface area (Å²) in [6, 6.07) is 0. The number of hydrogen-bond donors (Lipinski definition) is 3. The zero-order chi connectivity index (χ0) is 12.3. The second kappa shape index (κ2) is 9.83. The van der Waals surface area contributed by atoms with Crippen molar-refractivity contribution in [1.29, 1.82) is 0 Å². The van der Waals surface area contributed by atoms with Crippen molar-refractivity contribution < 1.29 is 20.1 Å². The Morgan fingerprint density at radius 1 is 1.20 bits per heavy atom. The highest BCUT2D eigenvalue weighted by atomic mass is 16.3. The topological polar surface area (TPSA) is 77.8 Å². The van der Waals surface area contributed by atoms with Crippen LogP contribution in [-0.4, -0.2) is 41.4 Å². The predicted molar refractivity (Wildman–Crippen MR) is 59.5 cm³/mol. The third-order valence-corrected chi connectivity index (χ3v) is 2.38. The van der Waals surface area contributed by atoms with Crippen molar-refractivity contribution >= 4 is 6.29 Å².